The van der Waals surface area contributed by atoms with Crippen LogP contribution in [0.4, 0.5) is 18.0 Å². The lowest BCUT2D eigenvalue weighted by atomic mass is 10.1. The number of pyridine rings is 1. The largest absolute Gasteiger partial charge is 0.454 e. The Morgan fingerprint density at radius 2 is 1.73 bits per heavy atom. The van der Waals surface area contributed by atoms with Crippen molar-refractivity contribution in [3.8, 4) is 11.3 Å². The quantitative estimate of drug-likeness (QED) is 0.700. The third kappa shape index (κ3) is 8.10. The van der Waals surface area contributed by atoms with Gasteiger partial charge in [0, 0.05) is 18.2 Å². The monoisotopic (exact) mass is 424 g/mol. The van der Waals surface area contributed by atoms with Gasteiger partial charge in [0.2, 0.25) is 0 Å². The molecule has 1 aromatic carbocycles. The third-order valence-corrected chi connectivity index (χ3v) is 3.69. The van der Waals surface area contributed by atoms with Crippen LogP contribution in [-0.2, 0) is 20.7 Å². The molecule has 0 saturated carbocycles. The van der Waals surface area contributed by atoms with Crippen LogP contribution in [0.3, 0.4) is 0 Å². The number of amides is 1. The van der Waals surface area contributed by atoms with E-state index < -0.39 is 36.5 Å². The second-order valence-corrected chi connectivity index (χ2v) is 7.54. The molecule has 0 aliphatic heterocycles. The average molecular weight is 424 g/mol. The van der Waals surface area contributed by atoms with Crippen molar-refractivity contribution in [2.24, 2.45) is 0 Å². The van der Waals surface area contributed by atoms with Crippen LogP contribution in [0.1, 0.15) is 26.3 Å². The number of rotatable bonds is 6. The molecule has 6 nitrogen and oxygen atoms in total. The summed E-state index contributed by atoms with van der Waals surface area (Å²) in [7, 11) is 0. The van der Waals surface area contributed by atoms with Crippen molar-refractivity contribution < 1.29 is 32.2 Å². The molecule has 30 heavy (non-hydrogen) atoms. The summed E-state index contributed by atoms with van der Waals surface area (Å²) in [6.45, 7) is 3.12. The van der Waals surface area contributed by atoms with Gasteiger partial charge in [-0.25, -0.2) is 9.59 Å². The van der Waals surface area contributed by atoms with Crippen LogP contribution in [0.2, 0.25) is 0 Å². The van der Waals surface area contributed by atoms with Gasteiger partial charge in [0.05, 0.1) is 5.69 Å². The summed E-state index contributed by atoms with van der Waals surface area (Å²) in [5.74, 6) is -1.22. The number of esters is 1. The van der Waals surface area contributed by atoms with Gasteiger partial charge < -0.3 is 14.8 Å². The lowest BCUT2D eigenvalue weighted by molar-refractivity contribution is -0.187. The molecule has 2 aromatic rings. The first kappa shape index (κ1) is 23.2. The zero-order valence-corrected chi connectivity index (χ0v) is 16.8. The van der Waals surface area contributed by atoms with E-state index in [1.807, 2.05) is 30.3 Å². The Bertz CT molecular complexity index is 847. The van der Waals surface area contributed by atoms with E-state index in [1.54, 1.807) is 32.9 Å². The van der Waals surface area contributed by atoms with Gasteiger partial charge in [-0.2, -0.15) is 13.2 Å². The van der Waals surface area contributed by atoms with Crippen molar-refractivity contribution in [3.63, 3.8) is 0 Å². The number of hydrogen-bond acceptors (Lipinski definition) is 5. The predicted octanol–water partition coefficient (Wildman–Crippen LogP) is 4.29. The summed E-state index contributed by atoms with van der Waals surface area (Å²) in [5.41, 5.74) is 1.26. The predicted molar refractivity (Wildman–Crippen MR) is 104 cm³/mol. The summed E-state index contributed by atoms with van der Waals surface area (Å²) in [5, 5.41) is 2.27. The van der Waals surface area contributed by atoms with Crippen molar-refractivity contribution in [2.45, 2.75) is 45.0 Å². The van der Waals surface area contributed by atoms with E-state index in [4.69, 9.17) is 4.74 Å². The van der Waals surface area contributed by atoms with E-state index in [0.717, 1.165) is 5.56 Å². The first-order valence-corrected chi connectivity index (χ1v) is 9.16. The Kier molecular flexibility index (Phi) is 7.42. The van der Waals surface area contributed by atoms with Crippen LogP contribution in [0.5, 0.6) is 0 Å². The number of alkyl carbamates (subject to hydrolysis) is 1. The van der Waals surface area contributed by atoms with Crippen LogP contribution >= 0.6 is 0 Å². The van der Waals surface area contributed by atoms with Crippen LogP contribution in [0, 0.1) is 0 Å². The summed E-state index contributed by atoms with van der Waals surface area (Å²) >= 11 is 0. The maximum Gasteiger partial charge on any atom is 0.422 e. The highest BCUT2D eigenvalue weighted by atomic mass is 19.4. The Morgan fingerprint density at radius 3 is 2.27 bits per heavy atom. The van der Waals surface area contributed by atoms with Gasteiger partial charge in [-0.3, -0.25) is 4.98 Å². The molecular weight excluding hydrogens is 401 g/mol. The molecule has 162 valence electrons. The molecule has 1 N–H and O–H groups in total. The minimum Gasteiger partial charge on any atom is -0.454 e. The number of aromatic nitrogens is 1. The van der Waals surface area contributed by atoms with Crippen LogP contribution in [0.15, 0.2) is 48.7 Å². The molecule has 0 aliphatic carbocycles. The van der Waals surface area contributed by atoms with Gasteiger partial charge in [-0.1, -0.05) is 36.4 Å². The molecule has 0 fully saturated rings. The van der Waals surface area contributed by atoms with Gasteiger partial charge in [0.1, 0.15) is 11.6 Å². The SMILES string of the molecule is CC(C)(C)OC(=O)N[C@@H](Cc1ccc(-c2ccccc2)nc1)C(=O)OCC(F)(F)F. The van der Waals surface area contributed by atoms with Gasteiger partial charge in [-0.05, 0) is 32.4 Å². The molecule has 1 amide bonds. The molecule has 2 rings (SSSR count). The van der Waals surface area contributed by atoms with Gasteiger partial charge in [0.15, 0.2) is 6.61 Å². The van der Waals surface area contributed by atoms with E-state index in [1.165, 1.54) is 6.20 Å². The maximum atomic E-state index is 12.4. The van der Waals surface area contributed by atoms with Crippen molar-refractivity contribution in [3.05, 3.63) is 54.2 Å². The fourth-order valence-electron chi connectivity index (χ4n) is 2.46. The first-order chi connectivity index (χ1) is 13.9. The second-order valence-electron chi connectivity index (χ2n) is 7.54. The number of ether oxygens (including phenoxy) is 2. The van der Waals surface area contributed by atoms with Crippen molar-refractivity contribution in [1.82, 2.24) is 10.3 Å². The number of nitrogens with zero attached hydrogens (tertiary/aromatic N) is 1. The van der Waals surface area contributed by atoms with E-state index in [2.05, 4.69) is 15.0 Å². The van der Waals surface area contributed by atoms with E-state index in [9.17, 15) is 22.8 Å². The molecule has 0 saturated heterocycles. The van der Waals surface area contributed by atoms with Crippen molar-refractivity contribution in [1.29, 1.82) is 0 Å². The Labute approximate surface area is 172 Å². The summed E-state index contributed by atoms with van der Waals surface area (Å²) in [4.78, 5) is 28.5. The summed E-state index contributed by atoms with van der Waals surface area (Å²) < 4.78 is 46.6. The van der Waals surface area contributed by atoms with E-state index in [-0.39, 0.29) is 6.42 Å². The fourth-order valence-corrected chi connectivity index (χ4v) is 2.46. The highest BCUT2D eigenvalue weighted by Gasteiger charge is 2.32. The zero-order valence-electron chi connectivity index (χ0n) is 16.8. The smallest absolute Gasteiger partial charge is 0.422 e. The summed E-state index contributed by atoms with van der Waals surface area (Å²) in [6, 6.07) is 11.4. The molecule has 1 atom stereocenters. The number of nitrogens with one attached hydrogen (secondary N) is 1. The molecule has 0 unspecified atom stereocenters. The lowest BCUT2D eigenvalue weighted by Gasteiger charge is -2.23. The second kappa shape index (κ2) is 9.60. The van der Waals surface area contributed by atoms with E-state index in [0.29, 0.717) is 11.3 Å². The molecule has 1 aromatic heterocycles. The maximum absolute atomic E-state index is 12.4. The molecule has 0 radical (unpaired) electrons. The Balaban J connectivity index is 2.12. The van der Waals surface area contributed by atoms with Crippen LogP contribution < -0.4 is 5.32 Å². The van der Waals surface area contributed by atoms with Gasteiger partial charge in [0.25, 0.3) is 0 Å². The molecule has 0 spiro atoms. The van der Waals surface area contributed by atoms with E-state index >= 15 is 0 Å². The minimum atomic E-state index is -4.68. The molecule has 0 bridgehead atoms. The molecule has 9 heteroatoms. The zero-order chi connectivity index (χ0) is 22.4. The number of benzene rings is 1. The van der Waals surface area contributed by atoms with Crippen LogP contribution in [0.25, 0.3) is 11.3 Å². The number of halogens is 3. The van der Waals surface area contributed by atoms with Crippen molar-refractivity contribution >= 4 is 12.1 Å². The Morgan fingerprint density at radius 1 is 1.07 bits per heavy atom. The van der Waals surface area contributed by atoms with Gasteiger partial charge >= 0.3 is 18.2 Å². The number of carbonyl (C=O) groups is 2. The first-order valence-electron chi connectivity index (χ1n) is 9.16. The standard InChI is InChI=1S/C21H23F3N2O4/c1-20(2,3)30-19(28)26-17(18(27)29-13-21(22,23)24)11-14-9-10-16(25-12-14)15-7-5-4-6-8-15/h4-10,12,17H,11,13H2,1-3H3,(H,26,28)/t17-/m0/s1. The Hall–Kier alpha value is -3.10. The normalized spacial score (nSPS) is 12.7. The average Bonchev–Trinajstić information content (AvgIpc) is 2.65. The number of carbonyl (C=O) groups excluding carboxylic acids is 2. The highest BCUT2D eigenvalue weighted by molar-refractivity contribution is 5.81. The highest BCUT2D eigenvalue weighted by Crippen LogP contribution is 2.18. The minimum absolute atomic E-state index is 0.113. The topological polar surface area (TPSA) is 77.5 Å². The van der Waals surface area contributed by atoms with Crippen molar-refractivity contribution in [2.75, 3.05) is 6.61 Å². The fraction of sp³-hybridized carbons (Fsp3) is 0.381. The van der Waals surface area contributed by atoms with Crippen LogP contribution in [-0.4, -0.2) is 41.5 Å². The summed E-state index contributed by atoms with van der Waals surface area (Å²) in [6.07, 6.45) is -4.24. The molecular formula is C21H23F3N2O4. The number of alkyl halides is 3. The molecule has 0 aliphatic rings. The lowest BCUT2D eigenvalue weighted by Crippen LogP contribution is -2.46. The van der Waals surface area contributed by atoms with Gasteiger partial charge in [-0.15, -0.1) is 0 Å². The number of hydrogen-bond donors (Lipinski definition) is 1. The molecule has 1 heterocycles. The third-order valence-electron chi connectivity index (χ3n) is 3.69.